The molecule has 0 saturated carbocycles. The van der Waals surface area contributed by atoms with E-state index in [0.717, 1.165) is 19.5 Å². The highest BCUT2D eigenvalue weighted by Gasteiger charge is 2.05. The number of rotatable bonds is 1. The molecule has 15 heavy (non-hydrogen) atoms. The molecule has 0 fully saturated rings. The summed E-state index contributed by atoms with van der Waals surface area (Å²) in [6.07, 6.45) is 3.46. The van der Waals surface area contributed by atoms with Gasteiger partial charge in [-0.3, -0.25) is 0 Å². The molecule has 1 aliphatic rings. The van der Waals surface area contributed by atoms with Crippen LogP contribution in [0.25, 0.3) is 5.57 Å². The summed E-state index contributed by atoms with van der Waals surface area (Å²) in [7, 11) is 0. The Morgan fingerprint density at radius 3 is 2.27 bits per heavy atom. The van der Waals surface area contributed by atoms with Gasteiger partial charge in [0.2, 0.25) is 0 Å². The van der Waals surface area contributed by atoms with Gasteiger partial charge in [0.15, 0.2) is 0 Å². The maximum Gasteiger partial charge on any atom is 0.0140 e. The van der Waals surface area contributed by atoms with Crippen molar-refractivity contribution in [1.82, 2.24) is 5.32 Å². The van der Waals surface area contributed by atoms with Gasteiger partial charge in [-0.15, -0.1) is 12.4 Å². The van der Waals surface area contributed by atoms with E-state index in [1.165, 1.54) is 22.3 Å². The van der Waals surface area contributed by atoms with Crippen LogP contribution in [0.5, 0.6) is 0 Å². The van der Waals surface area contributed by atoms with Gasteiger partial charge in [-0.25, -0.2) is 0 Å². The van der Waals surface area contributed by atoms with Gasteiger partial charge >= 0.3 is 0 Å². The van der Waals surface area contributed by atoms with Crippen molar-refractivity contribution in [1.29, 1.82) is 0 Å². The Morgan fingerprint density at radius 2 is 1.73 bits per heavy atom. The van der Waals surface area contributed by atoms with E-state index in [1.807, 2.05) is 0 Å². The second kappa shape index (κ2) is 5.34. The van der Waals surface area contributed by atoms with Crippen molar-refractivity contribution in [2.24, 2.45) is 0 Å². The van der Waals surface area contributed by atoms with Gasteiger partial charge in [0.05, 0.1) is 0 Å². The van der Waals surface area contributed by atoms with Crippen LogP contribution < -0.4 is 5.32 Å². The fourth-order valence-corrected chi connectivity index (χ4v) is 2.04. The highest BCUT2D eigenvalue weighted by Crippen LogP contribution is 2.21. The predicted molar refractivity (Wildman–Crippen MR) is 68.6 cm³/mol. The van der Waals surface area contributed by atoms with Crippen LogP contribution in [-0.2, 0) is 0 Å². The van der Waals surface area contributed by atoms with Crippen LogP contribution >= 0.6 is 12.4 Å². The molecule has 1 heterocycles. The lowest BCUT2D eigenvalue weighted by molar-refractivity contribution is 0.738. The quantitative estimate of drug-likeness (QED) is 0.772. The molecule has 1 aromatic rings. The van der Waals surface area contributed by atoms with Crippen LogP contribution in [0, 0.1) is 13.8 Å². The molecule has 82 valence electrons. The minimum Gasteiger partial charge on any atom is -0.313 e. The van der Waals surface area contributed by atoms with Crippen LogP contribution in [-0.4, -0.2) is 13.1 Å². The van der Waals surface area contributed by atoms with E-state index < -0.39 is 0 Å². The van der Waals surface area contributed by atoms with E-state index in [1.54, 1.807) is 0 Å². The van der Waals surface area contributed by atoms with Gasteiger partial charge in [-0.1, -0.05) is 35.4 Å². The number of aryl methyl sites for hydroxylation is 2. The van der Waals surface area contributed by atoms with Crippen LogP contribution in [0.4, 0.5) is 0 Å². The van der Waals surface area contributed by atoms with Crippen molar-refractivity contribution in [3.8, 4) is 0 Å². The molecule has 0 atom stereocenters. The van der Waals surface area contributed by atoms with Crippen molar-refractivity contribution >= 4 is 18.0 Å². The van der Waals surface area contributed by atoms with Crippen molar-refractivity contribution in [3.63, 3.8) is 0 Å². The van der Waals surface area contributed by atoms with Crippen LogP contribution in [0.1, 0.15) is 23.1 Å². The minimum atomic E-state index is 0. The third-order valence-corrected chi connectivity index (χ3v) is 2.66. The zero-order chi connectivity index (χ0) is 9.97. The normalized spacial score (nSPS) is 15.5. The summed E-state index contributed by atoms with van der Waals surface area (Å²) in [5.74, 6) is 0. The molecule has 0 unspecified atom stereocenters. The molecule has 1 N–H and O–H groups in total. The third kappa shape index (κ3) is 3.08. The van der Waals surface area contributed by atoms with E-state index in [4.69, 9.17) is 0 Å². The molecule has 0 bridgehead atoms. The molecule has 2 rings (SSSR count). The van der Waals surface area contributed by atoms with Gasteiger partial charge < -0.3 is 5.32 Å². The Labute approximate surface area is 98.0 Å². The van der Waals surface area contributed by atoms with Gasteiger partial charge in [-0.2, -0.15) is 0 Å². The highest BCUT2D eigenvalue weighted by molar-refractivity contribution is 5.85. The summed E-state index contributed by atoms with van der Waals surface area (Å²) in [5, 5.41) is 3.34. The molecule has 0 spiro atoms. The zero-order valence-electron chi connectivity index (χ0n) is 9.34. The van der Waals surface area contributed by atoms with Crippen molar-refractivity contribution in [3.05, 3.63) is 41.0 Å². The lowest BCUT2D eigenvalue weighted by Crippen LogP contribution is -2.20. The van der Waals surface area contributed by atoms with Crippen molar-refractivity contribution < 1.29 is 0 Å². The van der Waals surface area contributed by atoms with Gasteiger partial charge in [0.25, 0.3) is 0 Å². The number of halogens is 1. The first-order valence-electron chi connectivity index (χ1n) is 5.24. The minimum absolute atomic E-state index is 0. The van der Waals surface area contributed by atoms with Gasteiger partial charge in [0, 0.05) is 6.54 Å². The summed E-state index contributed by atoms with van der Waals surface area (Å²) in [6.45, 7) is 6.46. The van der Waals surface area contributed by atoms with Crippen LogP contribution in [0.2, 0.25) is 0 Å². The second-order valence-electron chi connectivity index (χ2n) is 4.06. The Kier molecular flexibility index (Phi) is 4.37. The van der Waals surface area contributed by atoms with Crippen molar-refractivity contribution in [2.75, 3.05) is 13.1 Å². The first-order valence-corrected chi connectivity index (χ1v) is 5.24. The predicted octanol–water partition coefficient (Wildman–Crippen LogP) is 3.10. The average Bonchev–Trinajstić information content (AvgIpc) is 2.18. The molecule has 1 aromatic carbocycles. The summed E-state index contributed by atoms with van der Waals surface area (Å²) >= 11 is 0. The number of hydrogen-bond acceptors (Lipinski definition) is 1. The molecule has 0 radical (unpaired) electrons. The Bertz CT molecular complexity index is 349. The highest BCUT2D eigenvalue weighted by atomic mass is 35.5. The first-order chi connectivity index (χ1) is 6.75. The number of benzene rings is 1. The number of nitrogens with one attached hydrogen (secondary N) is 1. The number of hydrogen-bond donors (Lipinski definition) is 1. The monoisotopic (exact) mass is 223 g/mol. The molecule has 1 nitrogen and oxygen atoms in total. The largest absolute Gasteiger partial charge is 0.313 e. The zero-order valence-corrected chi connectivity index (χ0v) is 10.2. The van der Waals surface area contributed by atoms with E-state index in [9.17, 15) is 0 Å². The smallest absolute Gasteiger partial charge is 0.0140 e. The van der Waals surface area contributed by atoms with Crippen molar-refractivity contribution in [2.45, 2.75) is 20.3 Å². The molecule has 0 aromatic heterocycles. The Balaban J connectivity index is 0.00000112. The standard InChI is InChI=1S/C13H17N.ClH/c1-10-7-11(2)9-13(8-10)12-3-5-14-6-4-12;/h3,7-9,14H,4-6H2,1-2H3;1H. The summed E-state index contributed by atoms with van der Waals surface area (Å²) in [6, 6.07) is 6.79. The first kappa shape index (κ1) is 12.3. The SMILES string of the molecule is Cc1cc(C)cc(C2=CCNCC2)c1.Cl. The van der Waals surface area contributed by atoms with Crippen LogP contribution in [0.3, 0.4) is 0 Å². The Hall–Kier alpha value is -0.790. The molecular formula is C13H18ClN. The maximum absolute atomic E-state index is 3.34. The molecule has 2 heteroatoms. The lowest BCUT2D eigenvalue weighted by atomic mass is 9.97. The van der Waals surface area contributed by atoms with E-state index >= 15 is 0 Å². The third-order valence-electron chi connectivity index (χ3n) is 2.66. The molecule has 0 amide bonds. The van der Waals surface area contributed by atoms with Gasteiger partial charge in [0.1, 0.15) is 0 Å². The maximum atomic E-state index is 3.34. The molecule has 1 aliphatic heterocycles. The topological polar surface area (TPSA) is 12.0 Å². The fraction of sp³-hybridized carbons (Fsp3) is 0.385. The lowest BCUT2D eigenvalue weighted by Gasteiger charge is -2.15. The van der Waals surface area contributed by atoms with E-state index in [0.29, 0.717) is 0 Å². The molecule has 0 aliphatic carbocycles. The molecule has 0 saturated heterocycles. The van der Waals surface area contributed by atoms with Gasteiger partial charge in [-0.05, 0) is 37.9 Å². The Morgan fingerprint density at radius 1 is 1.07 bits per heavy atom. The van der Waals surface area contributed by atoms with Crippen LogP contribution in [0.15, 0.2) is 24.3 Å². The fourth-order valence-electron chi connectivity index (χ4n) is 2.04. The summed E-state index contributed by atoms with van der Waals surface area (Å²) in [5.41, 5.74) is 5.62. The molecular weight excluding hydrogens is 206 g/mol. The van der Waals surface area contributed by atoms with E-state index in [-0.39, 0.29) is 12.4 Å². The second-order valence-corrected chi connectivity index (χ2v) is 4.06. The average molecular weight is 224 g/mol. The summed E-state index contributed by atoms with van der Waals surface area (Å²) < 4.78 is 0. The van der Waals surface area contributed by atoms with E-state index in [2.05, 4.69) is 43.4 Å². The summed E-state index contributed by atoms with van der Waals surface area (Å²) in [4.78, 5) is 0.